The molecule has 1 N–H and O–H groups in total. The van der Waals surface area contributed by atoms with Crippen molar-refractivity contribution in [2.75, 3.05) is 38.7 Å². The first-order valence-corrected chi connectivity index (χ1v) is 6.63. The van der Waals surface area contributed by atoms with E-state index < -0.39 is 5.97 Å². The molecule has 0 bridgehead atoms. The molecule has 1 aliphatic heterocycles. The van der Waals surface area contributed by atoms with E-state index in [1.165, 1.54) is 7.11 Å². The molecule has 6 heteroatoms. The van der Waals surface area contributed by atoms with Crippen LogP contribution in [0, 0.1) is 11.3 Å². The number of nitrogens with one attached hydrogen (secondary N) is 1. The molecule has 1 fully saturated rings. The van der Waals surface area contributed by atoms with Crippen LogP contribution in [-0.2, 0) is 14.3 Å². The molecule has 110 valence electrons. The van der Waals surface area contributed by atoms with Crippen LogP contribution in [0.5, 0.6) is 0 Å². The zero-order valence-corrected chi connectivity index (χ0v) is 11.8. The van der Waals surface area contributed by atoms with Crippen LogP contribution in [0.3, 0.4) is 0 Å². The first-order valence-electron chi connectivity index (χ1n) is 6.63. The van der Waals surface area contributed by atoms with Crippen LogP contribution in [0.2, 0.25) is 0 Å². The molecule has 0 unspecified atom stereocenters. The van der Waals surface area contributed by atoms with Crippen molar-refractivity contribution in [3.8, 4) is 6.07 Å². The minimum Gasteiger partial charge on any atom is -0.465 e. The van der Waals surface area contributed by atoms with E-state index in [4.69, 9.17) is 9.47 Å². The van der Waals surface area contributed by atoms with Crippen LogP contribution in [0.1, 0.15) is 0 Å². The van der Waals surface area contributed by atoms with Crippen LogP contribution in [-0.4, -0.2) is 44.3 Å². The molecule has 0 spiro atoms. The van der Waals surface area contributed by atoms with Gasteiger partial charge in [0, 0.05) is 18.8 Å². The molecular weight excluding hydrogens is 270 g/mol. The Kier molecular flexibility index (Phi) is 5.18. The molecule has 0 amide bonds. The number of carbonyl (C=O) groups excluding carboxylic acids is 1. The normalized spacial score (nSPS) is 15.7. The summed E-state index contributed by atoms with van der Waals surface area (Å²) in [6.07, 6.45) is 0. The van der Waals surface area contributed by atoms with Crippen LogP contribution in [0.15, 0.2) is 41.7 Å². The topological polar surface area (TPSA) is 74.6 Å². The fourth-order valence-corrected chi connectivity index (χ4v) is 2.04. The Morgan fingerprint density at radius 2 is 2.00 bits per heavy atom. The third kappa shape index (κ3) is 3.74. The number of rotatable bonds is 4. The molecule has 0 atom stereocenters. The second kappa shape index (κ2) is 7.31. The van der Waals surface area contributed by atoms with Crippen molar-refractivity contribution in [3.05, 3.63) is 41.7 Å². The van der Waals surface area contributed by atoms with Gasteiger partial charge in [-0.1, -0.05) is 18.2 Å². The SMILES string of the molecule is COC(=O)/C(C#N)=C(\Nc1ccccc1)N1CCOCC1. The summed E-state index contributed by atoms with van der Waals surface area (Å²) in [6, 6.07) is 11.3. The number of ether oxygens (including phenoxy) is 2. The minimum absolute atomic E-state index is 0.0387. The number of esters is 1. The van der Waals surface area contributed by atoms with E-state index in [1.807, 2.05) is 41.3 Å². The van der Waals surface area contributed by atoms with Crippen LogP contribution < -0.4 is 5.32 Å². The predicted molar refractivity (Wildman–Crippen MR) is 77.1 cm³/mol. The number of nitrogens with zero attached hydrogens (tertiary/aromatic N) is 2. The summed E-state index contributed by atoms with van der Waals surface area (Å²) in [7, 11) is 1.26. The quantitative estimate of drug-likeness (QED) is 0.512. The molecule has 1 heterocycles. The monoisotopic (exact) mass is 287 g/mol. The Hall–Kier alpha value is -2.52. The lowest BCUT2D eigenvalue weighted by atomic mass is 10.2. The Morgan fingerprint density at radius 1 is 1.33 bits per heavy atom. The van der Waals surface area contributed by atoms with Gasteiger partial charge < -0.3 is 19.7 Å². The zero-order valence-electron chi connectivity index (χ0n) is 11.8. The van der Waals surface area contributed by atoms with Gasteiger partial charge in [-0.05, 0) is 12.1 Å². The van der Waals surface area contributed by atoms with E-state index in [9.17, 15) is 10.1 Å². The maximum absolute atomic E-state index is 11.8. The van der Waals surface area contributed by atoms with Crippen LogP contribution >= 0.6 is 0 Å². The molecule has 1 aromatic carbocycles. The molecule has 0 saturated carbocycles. The summed E-state index contributed by atoms with van der Waals surface area (Å²) in [5.41, 5.74) is 0.763. The molecule has 21 heavy (non-hydrogen) atoms. The fraction of sp³-hybridized carbons (Fsp3) is 0.333. The van der Waals surface area contributed by atoms with E-state index in [0.717, 1.165) is 5.69 Å². The van der Waals surface area contributed by atoms with Crippen LogP contribution in [0.4, 0.5) is 5.69 Å². The number of carbonyl (C=O) groups is 1. The summed E-state index contributed by atoms with van der Waals surface area (Å²) < 4.78 is 10.0. The van der Waals surface area contributed by atoms with E-state index in [0.29, 0.717) is 32.1 Å². The number of nitriles is 1. The summed E-state index contributed by atoms with van der Waals surface area (Å²) in [6.45, 7) is 2.33. The second-order valence-electron chi connectivity index (χ2n) is 4.42. The largest absolute Gasteiger partial charge is 0.465 e. The summed E-state index contributed by atoms with van der Waals surface area (Å²) in [4.78, 5) is 13.7. The Morgan fingerprint density at radius 3 is 2.57 bits per heavy atom. The first-order chi connectivity index (χ1) is 10.3. The van der Waals surface area contributed by atoms with Gasteiger partial charge in [0.05, 0.1) is 20.3 Å². The van der Waals surface area contributed by atoms with Crippen molar-refractivity contribution >= 4 is 11.7 Å². The Balaban J connectivity index is 2.35. The number of morpholine rings is 1. The maximum atomic E-state index is 11.8. The average molecular weight is 287 g/mol. The van der Waals surface area contributed by atoms with Crippen molar-refractivity contribution < 1.29 is 14.3 Å². The lowest BCUT2D eigenvalue weighted by molar-refractivity contribution is -0.135. The van der Waals surface area contributed by atoms with Gasteiger partial charge in [-0.25, -0.2) is 4.79 Å². The predicted octanol–water partition coefficient (Wildman–Crippen LogP) is 1.34. The molecular formula is C15H17N3O3. The molecule has 1 saturated heterocycles. The van der Waals surface area contributed by atoms with E-state index >= 15 is 0 Å². The number of hydrogen-bond donors (Lipinski definition) is 1. The number of anilines is 1. The molecule has 1 aromatic rings. The van der Waals surface area contributed by atoms with Gasteiger partial charge in [0.25, 0.3) is 0 Å². The van der Waals surface area contributed by atoms with Crippen LogP contribution in [0.25, 0.3) is 0 Å². The Bertz CT molecular complexity index is 557. The van der Waals surface area contributed by atoms with Crippen molar-refractivity contribution in [3.63, 3.8) is 0 Å². The lowest BCUT2D eigenvalue weighted by Crippen LogP contribution is -2.39. The average Bonchev–Trinajstić information content (AvgIpc) is 2.56. The molecule has 2 rings (SSSR count). The number of methoxy groups -OCH3 is 1. The van der Waals surface area contributed by atoms with Gasteiger partial charge in [-0.3, -0.25) is 0 Å². The second-order valence-corrected chi connectivity index (χ2v) is 4.42. The summed E-state index contributed by atoms with van der Waals surface area (Å²) in [5.74, 6) is -0.193. The first kappa shape index (κ1) is 14.9. The third-order valence-electron chi connectivity index (χ3n) is 3.10. The summed E-state index contributed by atoms with van der Waals surface area (Å²) in [5, 5.41) is 12.4. The van der Waals surface area contributed by atoms with Crippen molar-refractivity contribution in [2.24, 2.45) is 0 Å². The fourth-order valence-electron chi connectivity index (χ4n) is 2.04. The number of hydrogen-bond acceptors (Lipinski definition) is 6. The van der Waals surface area contributed by atoms with E-state index in [1.54, 1.807) is 0 Å². The third-order valence-corrected chi connectivity index (χ3v) is 3.10. The molecule has 1 aliphatic rings. The van der Waals surface area contributed by atoms with E-state index in [2.05, 4.69) is 5.32 Å². The van der Waals surface area contributed by atoms with Gasteiger partial charge in [0.15, 0.2) is 5.57 Å². The van der Waals surface area contributed by atoms with Crippen molar-refractivity contribution in [1.82, 2.24) is 4.90 Å². The molecule has 0 radical (unpaired) electrons. The summed E-state index contributed by atoms with van der Waals surface area (Å²) >= 11 is 0. The molecule has 6 nitrogen and oxygen atoms in total. The highest BCUT2D eigenvalue weighted by Crippen LogP contribution is 2.18. The highest BCUT2D eigenvalue weighted by Gasteiger charge is 2.23. The van der Waals surface area contributed by atoms with Gasteiger partial charge >= 0.3 is 5.97 Å². The van der Waals surface area contributed by atoms with Gasteiger partial charge in [-0.2, -0.15) is 5.26 Å². The number of para-hydroxylation sites is 1. The van der Waals surface area contributed by atoms with Gasteiger partial charge in [0.1, 0.15) is 11.9 Å². The standard InChI is InChI=1S/C15H17N3O3/c1-20-15(19)13(11-16)14(18-7-9-21-10-8-18)17-12-5-3-2-4-6-12/h2-6,17H,7-10H2,1H3/b14-13+. The smallest absolute Gasteiger partial charge is 0.352 e. The lowest BCUT2D eigenvalue weighted by Gasteiger charge is -2.31. The van der Waals surface area contributed by atoms with Gasteiger partial charge in [0.2, 0.25) is 0 Å². The molecule has 0 aromatic heterocycles. The minimum atomic E-state index is -0.651. The highest BCUT2D eigenvalue weighted by molar-refractivity contribution is 5.94. The highest BCUT2D eigenvalue weighted by atomic mass is 16.5. The maximum Gasteiger partial charge on any atom is 0.352 e. The van der Waals surface area contributed by atoms with E-state index in [-0.39, 0.29) is 5.57 Å². The van der Waals surface area contributed by atoms with Gasteiger partial charge in [-0.15, -0.1) is 0 Å². The molecule has 0 aliphatic carbocycles. The number of benzene rings is 1. The zero-order chi connectivity index (χ0) is 15.1. The Labute approximate surface area is 123 Å². The van der Waals surface area contributed by atoms with Crippen molar-refractivity contribution in [1.29, 1.82) is 5.26 Å². The van der Waals surface area contributed by atoms with Crippen molar-refractivity contribution in [2.45, 2.75) is 0 Å².